The molecule has 3 aliphatic heterocycles. The molecule has 3 heterocycles. The van der Waals surface area contributed by atoms with Crippen LogP contribution in [-0.2, 0) is 9.59 Å². The number of hydrogen-bond acceptors (Lipinski definition) is 6. The van der Waals surface area contributed by atoms with E-state index in [1.165, 1.54) is 4.90 Å². The van der Waals surface area contributed by atoms with Crippen LogP contribution in [0.2, 0.25) is 0 Å². The van der Waals surface area contributed by atoms with Gasteiger partial charge in [0, 0.05) is 5.56 Å². The Labute approximate surface area is 196 Å². The van der Waals surface area contributed by atoms with Gasteiger partial charge in [-0.05, 0) is 47.5 Å². The fourth-order valence-electron chi connectivity index (χ4n) is 5.43. The standard InChI is InChI=1S/C27H21N3O4/c1-34-19-13-11-16(12-14-19)25(31)24-22-21(23-20-10-6-5-7-17(20)15-28-30(23)24)26(32)29(27(22)33)18-8-3-2-4-9-18/h2-15,21-24H,1H3/t21-,22+,23+,24+/m0/s1. The summed E-state index contributed by atoms with van der Waals surface area (Å²) in [5, 5.41) is 6.25. The third-order valence-electron chi connectivity index (χ3n) is 6.95. The van der Waals surface area contributed by atoms with Crippen LogP contribution in [0.4, 0.5) is 5.69 Å². The Hall–Kier alpha value is -4.26. The first kappa shape index (κ1) is 20.4. The van der Waals surface area contributed by atoms with Crippen molar-refractivity contribution in [2.75, 3.05) is 12.0 Å². The average Bonchev–Trinajstić information content (AvgIpc) is 3.36. The zero-order chi connectivity index (χ0) is 23.4. The van der Waals surface area contributed by atoms with Crippen molar-refractivity contribution in [3.05, 3.63) is 95.6 Å². The minimum absolute atomic E-state index is 0.243. The molecule has 4 atom stereocenters. The molecular weight excluding hydrogens is 430 g/mol. The Kier molecular flexibility index (Phi) is 4.58. The first-order valence-electron chi connectivity index (χ1n) is 11.1. The minimum atomic E-state index is -0.891. The Morgan fingerprint density at radius 3 is 2.26 bits per heavy atom. The number of Topliss-reactive ketones (excluding diaryl/α,β-unsaturated/α-hetero) is 1. The zero-order valence-electron chi connectivity index (χ0n) is 18.4. The molecule has 0 radical (unpaired) electrons. The number of nitrogens with zero attached hydrogens (tertiary/aromatic N) is 3. The smallest absolute Gasteiger partial charge is 0.240 e. The molecule has 0 N–H and O–H groups in total. The molecule has 2 fully saturated rings. The largest absolute Gasteiger partial charge is 0.497 e. The highest BCUT2D eigenvalue weighted by atomic mass is 16.5. The van der Waals surface area contributed by atoms with Crippen LogP contribution in [0.3, 0.4) is 0 Å². The number of fused-ring (bicyclic) bond motifs is 5. The minimum Gasteiger partial charge on any atom is -0.497 e. The van der Waals surface area contributed by atoms with Crippen molar-refractivity contribution in [1.29, 1.82) is 0 Å². The van der Waals surface area contributed by atoms with Crippen LogP contribution in [0.15, 0.2) is 84.0 Å². The number of hydrogen-bond donors (Lipinski definition) is 0. The number of carbonyl (C=O) groups is 3. The second kappa shape index (κ2) is 7.66. The molecule has 3 aromatic carbocycles. The van der Waals surface area contributed by atoms with Crippen LogP contribution in [-0.4, -0.2) is 42.0 Å². The molecule has 0 spiro atoms. The van der Waals surface area contributed by atoms with E-state index in [1.54, 1.807) is 66.9 Å². The fraction of sp³-hybridized carbons (Fsp3) is 0.185. The molecular formula is C27H21N3O4. The van der Waals surface area contributed by atoms with E-state index in [9.17, 15) is 14.4 Å². The Balaban J connectivity index is 1.48. The van der Waals surface area contributed by atoms with E-state index < -0.39 is 23.9 Å². The molecule has 0 saturated carbocycles. The predicted octanol–water partition coefficient (Wildman–Crippen LogP) is 3.46. The van der Waals surface area contributed by atoms with E-state index in [0.717, 1.165) is 11.1 Å². The molecule has 7 heteroatoms. The van der Waals surface area contributed by atoms with E-state index >= 15 is 0 Å². The SMILES string of the molecule is COc1ccc(C(=O)[C@H]2[C@@H]3C(=O)N(c4ccccc4)C(=O)[C@@H]3[C@H]3c4ccccc4C=NN32)cc1. The van der Waals surface area contributed by atoms with Crippen LogP contribution >= 0.6 is 0 Å². The fourth-order valence-corrected chi connectivity index (χ4v) is 5.43. The third kappa shape index (κ3) is 2.83. The van der Waals surface area contributed by atoms with Crippen LogP contribution in [0, 0.1) is 11.8 Å². The van der Waals surface area contributed by atoms with Gasteiger partial charge >= 0.3 is 0 Å². The van der Waals surface area contributed by atoms with E-state index in [2.05, 4.69) is 5.10 Å². The summed E-state index contributed by atoms with van der Waals surface area (Å²) >= 11 is 0. The highest BCUT2D eigenvalue weighted by molar-refractivity contribution is 6.24. The number of anilines is 1. The predicted molar refractivity (Wildman–Crippen MR) is 126 cm³/mol. The Morgan fingerprint density at radius 1 is 0.853 bits per heavy atom. The lowest BCUT2D eigenvalue weighted by molar-refractivity contribution is -0.124. The zero-order valence-corrected chi connectivity index (χ0v) is 18.4. The third-order valence-corrected chi connectivity index (χ3v) is 6.95. The first-order valence-corrected chi connectivity index (χ1v) is 11.1. The highest BCUT2D eigenvalue weighted by Crippen LogP contribution is 2.53. The van der Waals surface area contributed by atoms with Crippen LogP contribution in [0.25, 0.3) is 0 Å². The summed E-state index contributed by atoms with van der Waals surface area (Å²) in [4.78, 5) is 42.6. The van der Waals surface area contributed by atoms with Gasteiger partial charge in [-0.2, -0.15) is 5.10 Å². The number of ether oxygens (including phenoxy) is 1. The highest BCUT2D eigenvalue weighted by Gasteiger charge is 2.65. The molecule has 34 heavy (non-hydrogen) atoms. The normalized spacial score (nSPS) is 24.6. The van der Waals surface area contributed by atoms with Crippen LogP contribution < -0.4 is 9.64 Å². The van der Waals surface area contributed by atoms with Crippen molar-refractivity contribution in [3.8, 4) is 5.75 Å². The number of amides is 2. The van der Waals surface area contributed by atoms with Crippen LogP contribution in [0.5, 0.6) is 5.75 Å². The molecule has 3 aromatic rings. The summed E-state index contributed by atoms with van der Waals surface area (Å²) in [6, 6.07) is 22.0. The summed E-state index contributed by atoms with van der Waals surface area (Å²) in [5.41, 5.74) is 2.74. The lowest BCUT2D eigenvalue weighted by atomic mass is 9.83. The van der Waals surface area contributed by atoms with Gasteiger partial charge in [0.05, 0.1) is 36.9 Å². The summed E-state index contributed by atoms with van der Waals surface area (Å²) in [7, 11) is 1.56. The first-order chi connectivity index (χ1) is 16.6. The second-order valence-electron chi connectivity index (χ2n) is 8.63. The second-order valence-corrected chi connectivity index (χ2v) is 8.63. The van der Waals surface area contributed by atoms with Gasteiger partial charge in [0.2, 0.25) is 11.8 Å². The molecule has 6 rings (SSSR count). The van der Waals surface area contributed by atoms with Gasteiger partial charge < -0.3 is 4.74 Å². The number of ketones is 1. The van der Waals surface area contributed by atoms with E-state index in [0.29, 0.717) is 17.0 Å². The Morgan fingerprint density at radius 2 is 1.53 bits per heavy atom. The van der Waals surface area contributed by atoms with Crippen molar-refractivity contribution >= 4 is 29.5 Å². The number of carbonyl (C=O) groups excluding carboxylic acids is 3. The maximum absolute atomic E-state index is 13.8. The molecule has 3 aliphatic rings. The molecule has 168 valence electrons. The molecule has 0 bridgehead atoms. The van der Waals surface area contributed by atoms with Crippen molar-refractivity contribution < 1.29 is 19.1 Å². The Bertz CT molecular complexity index is 1340. The summed E-state index contributed by atoms with van der Waals surface area (Å²) in [6.45, 7) is 0. The number of imide groups is 1. The van der Waals surface area contributed by atoms with E-state index in [-0.39, 0.29) is 17.6 Å². The van der Waals surface area contributed by atoms with E-state index in [1.807, 2.05) is 30.3 Å². The monoisotopic (exact) mass is 451 g/mol. The number of rotatable bonds is 4. The maximum Gasteiger partial charge on any atom is 0.240 e. The van der Waals surface area contributed by atoms with Gasteiger partial charge in [0.25, 0.3) is 0 Å². The molecule has 0 unspecified atom stereocenters. The van der Waals surface area contributed by atoms with Crippen LogP contribution in [0.1, 0.15) is 27.5 Å². The van der Waals surface area contributed by atoms with Gasteiger partial charge in [0.1, 0.15) is 11.8 Å². The lowest BCUT2D eigenvalue weighted by Crippen LogP contribution is -2.44. The van der Waals surface area contributed by atoms with Gasteiger partial charge in [-0.15, -0.1) is 0 Å². The van der Waals surface area contributed by atoms with Gasteiger partial charge in [-0.1, -0.05) is 42.5 Å². The van der Waals surface area contributed by atoms with E-state index in [4.69, 9.17) is 4.74 Å². The quantitative estimate of drug-likeness (QED) is 0.448. The summed E-state index contributed by atoms with van der Waals surface area (Å²) in [6.07, 6.45) is 1.70. The summed E-state index contributed by atoms with van der Waals surface area (Å²) in [5.74, 6) is -1.82. The van der Waals surface area contributed by atoms with Crippen molar-refractivity contribution in [2.45, 2.75) is 12.1 Å². The molecule has 2 amide bonds. The molecule has 0 aliphatic carbocycles. The van der Waals surface area contributed by atoms with Gasteiger partial charge in [-0.3, -0.25) is 19.4 Å². The average molecular weight is 451 g/mol. The number of methoxy groups -OCH3 is 1. The molecule has 0 aromatic heterocycles. The maximum atomic E-state index is 13.8. The molecule has 2 saturated heterocycles. The number of hydrazone groups is 1. The summed E-state index contributed by atoms with van der Waals surface area (Å²) < 4.78 is 5.21. The topological polar surface area (TPSA) is 79.3 Å². The molecule has 7 nitrogen and oxygen atoms in total. The van der Waals surface area contributed by atoms with Gasteiger partial charge in [0.15, 0.2) is 5.78 Å². The van der Waals surface area contributed by atoms with Crippen molar-refractivity contribution in [1.82, 2.24) is 5.01 Å². The number of benzene rings is 3. The van der Waals surface area contributed by atoms with Crippen molar-refractivity contribution in [3.63, 3.8) is 0 Å². The lowest BCUT2D eigenvalue weighted by Gasteiger charge is -2.33. The van der Waals surface area contributed by atoms with Gasteiger partial charge in [-0.25, -0.2) is 4.90 Å². The number of para-hydroxylation sites is 1. The van der Waals surface area contributed by atoms with Crippen molar-refractivity contribution in [2.24, 2.45) is 16.9 Å².